The van der Waals surface area contributed by atoms with Gasteiger partial charge >= 0.3 is 0 Å². The van der Waals surface area contributed by atoms with Gasteiger partial charge in [0, 0.05) is 18.8 Å². The molecule has 1 unspecified atom stereocenters. The molecule has 2 heterocycles. The summed E-state index contributed by atoms with van der Waals surface area (Å²) in [5.41, 5.74) is 1.18. The van der Waals surface area contributed by atoms with Crippen LogP contribution in [-0.2, 0) is 0 Å². The number of pyridine rings is 1. The van der Waals surface area contributed by atoms with E-state index in [4.69, 9.17) is 0 Å². The van der Waals surface area contributed by atoms with Crippen molar-refractivity contribution in [1.29, 1.82) is 0 Å². The SMILES string of the molecule is Cc1cnc(NCCC2CCCN2)c(Br)c1. The fraction of sp³-hybridized carbons (Fsp3) is 0.583. The third-order valence-corrected chi connectivity index (χ3v) is 3.53. The van der Waals surface area contributed by atoms with Crippen LogP contribution in [0.5, 0.6) is 0 Å². The smallest absolute Gasteiger partial charge is 0.140 e. The molecule has 2 rings (SSSR count). The van der Waals surface area contributed by atoms with Gasteiger partial charge in [0.05, 0.1) is 4.47 Å². The monoisotopic (exact) mass is 283 g/mol. The van der Waals surface area contributed by atoms with Crippen molar-refractivity contribution < 1.29 is 0 Å². The predicted octanol–water partition coefficient (Wildman–Crippen LogP) is 2.71. The normalized spacial score (nSPS) is 20.0. The molecule has 1 saturated heterocycles. The summed E-state index contributed by atoms with van der Waals surface area (Å²) in [5, 5.41) is 6.86. The first kappa shape index (κ1) is 11.9. The van der Waals surface area contributed by atoms with Crippen molar-refractivity contribution in [2.45, 2.75) is 32.2 Å². The van der Waals surface area contributed by atoms with Gasteiger partial charge in [-0.25, -0.2) is 4.98 Å². The molecule has 88 valence electrons. The van der Waals surface area contributed by atoms with Crippen molar-refractivity contribution in [3.05, 3.63) is 22.3 Å². The second-order valence-electron chi connectivity index (χ2n) is 4.35. The Bertz CT molecular complexity index is 348. The molecule has 1 aromatic rings. The lowest BCUT2D eigenvalue weighted by molar-refractivity contribution is 0.574. The minimum atomic E-state index is 0.691. The summed E-state index contributed by atoms with van der Waals surface area (Å²) in [6, 6.07) is 2.78. The number of anilines is 1. The Hall–Kier alpha value is -0.610. The second kappa shape index (κ2) is 5.64. The van der Waals surface area contributed by atoms with E-state index in [1.807, 2.05) is 13.1 Å². The fourth-order valence-corrected chi connectivity index (χ4v) is 2.64. The quantitative estimate of drug-likeness (QED) is 0.892. The largest absolute Gasteiger partial charge is 0.369 e. The van der Waals surface area contributed by atoms with E-state index < -0.39 is 0 Å². The summed E-state index contributed by atoms with van der Waals surface area (Å²) < 4.78 is 1.05. The van der Waals surface area contributed by atoms with Crippen molar-refractivity contribution in [1.82, 2.24) is 10.3 Å². The zero-order chi connectivity index (χ0) is 11.4. The molecule has 0 bridgehead atoms. The summed E-state index contributed by atoms with van der Waals surface area (Å²) in [7, 11) is 0. The lowest BCUT2D eigenvalue weighted by Gasteiger charge is -2.12. The van der Waals surface area contributed by atoms with Gasteiger partial charge in [-0.2, -0.15) is 0 Å². The maximum atomic E-state index is 4.36. The highest BCUT2D eigenvalue weighted by molar-refractivity contribution is 9.10. The minimum Gasteiger partial charge on any atom is -0.369 e. The van der Waals surface area contributed by atoms with Crippen LogP contribution in [0, 0.1) is 6.92 Å². The average molecular weight is 284 g/mol. The van der Waals surface area contributed by atoms with Gasteiger partial charge in [0.15, 0.2) is 0 Å². The van der Waals surface area contributed by atoms with Crippen molar-refractivity contribution >= 4 is 21.7 Å². The summed E-state index contributed by atoms with van der Waals surface area (Å²) in [5.74, 6) is 0.948. The highest BCUT2D eigenvalue weighted by Gasteiger charge is 2.13. The maximum Gasteiger partial charge on any atom is 0.140 e. The van der Waals surface area contributed by atoms with Crippen LogP contribution in [0.25, 0.3) is 0 Å². The number of nitrogens with zero attached hydrogens (tertiary/aromatic N) is 1. The van der Waals surface area contributed by atoms with Crippen LogP contribution in [0.4, 0.5) is 5.82 Å². The van der Waals surface area contributed by atoms with E-state index >= 15 is 0 Å². The first-order chi connectivity index (χ1) is 7.75. The molecule has 1 aromatic heterocycles. The van der Waals surface area contributed by atoms with Gasteiger partial charge in [-0.3, -0.25) is 0 Å². The molecule has 16 heavy (non-hydrogen) atoms. The van der Waals surface area contributed by atoms with E-state index in [9.17, 15) is 0 Å². The molecule has 0 aliphatic carbocycles. The summed E-state index contributed by atoms with van der Waals surface area (Å²) in [6.45, 7) is 4.20. The van der Waals surface area contributed by atoms with E-state index in [2.05, 4.69) is 37.6 Å². The summed E-state index contributed by atoms with van der Waals surface area (Å²) in [4.78, 5) is 4.36. The Morgan fingerprint density at radius 2 is 2.50 bits per heavy atom. The van der Waals surface area contributed by atoms with Crippen molar-refractivity contribution in [3.8, 4) is 0 Å². The Morgan fingerprint density at radius 1 is 1.62 bits per heavy atom. The van der Waals surface area contributed by atoms with E-state index in [1.54, 1.807) is 0 Å². The molecule has 3 nitrogen and oxygen atoms in total. The number of rotatable bonds is 4. The molecule has 0 radical (unpaired) electrons. The Balaban J connectivity index is 1.80. The van der Waals surface area contributed by atoms with E-state index in [0.29, 0.717) is 6.04 Å². The van der Waals surface area contributed by atoms with Crippen LogP contribution in [-0.4, -0.2) is 24.1 Å². The topological polar surface area (TPSA) is 37.0 Å². The average Bonchev–Trinajstić information content (AvgIpc) is 2.74. The number of aryl methyl sites for hydroxylation is 1. The molecule has 0 saturated carbocycles. The summed E-state index contributed by atoms with van der Waals surface area (Å²) >= 11 is 3.52. The molecule has 0 aromatic carbocycles. The number of hydrogen-bond acceptors (Lipinski definition) is 3. The highest BCUT2D eigenvalue weighted by atomic mass is 79.9. The molecule has 2 N–H and O–H groups in total. The lowest BCUT2D eigenvalue weighted by atomic mass is 10.1. The first-order valence-corrected chi connectivity index (χ1v) is 6.64. The predicted molar refractivity (Wildman–Crippen MR) is 70.8 cm³/mol. The second-order valence-corrected chi connectivity index (χ2v) is 5.21. The molecule has 0 spiro atoms. The van der Waals surface area contributed by atoms with Gasteiger partial charge in [0.2, 0.25) is 0 Å². The van der Waals surface area contributed by atoms with Crippen molar-refractivity contribution in [2.75, 3.05) is 18.4 Å². The Kier molecular flexibility index (Phi) is 4.18. The molecule has 1 aliphatic rings. The van der Waals surface area contributed by atoms with Gasteiger partial charge in [0.1, 0.15) is 5.82 Å². The standard InChI is InChI=1S/C12H18BrN3/c1-9-7-11(13)12(16-8-9)15-6-4-10-3-2-5-14-10/h7-8,10,14H,2-6H2,1H3,(H,15,16). The maximum absolute atomic E-state index is 4.36. The van der Waals surface area contributed by atoms with Crippen LogP contribution in [0.15, 0.2) is 16.7 Å². The van der Waals surface area contributed by atoms with Gasteiger partial charge < -0.3 is 10.6 Å². The van der Waals surface area contributed by atoms with Gasteiger partial charge in [-0.15, -0.1) is 0 Å². The Morgan fingerprint density at radius 3 is 3.19 bits per heavy atom. The highest BCUT2D eigenvalue weighted by Crippen LogP contribution is 2.20. The fourth-order valence-electron chi connectivity index (χ4n) is 2.03. The van der Waals surface area contributed by atoms with Gasteiger partial charge in [0.25, 0.3) is 0 Å². The Labute approximate surface area is 105 Å². The number of aromatic nitrogens is 1. The third kappa shape index (κ3) is 3.19. The van der Waals surface area contributed by atoms with Crippen LogP contribution in [0.1, 0.15) is 24.8 Å². The van der Waals surface area contributed by atoms with Crippen molar-refractivity contribution in [3.63, 3.8) is 0 Å². The van der Waals surface area contributed by atoms with E-state index in [1.165, 1.54) is 31.4 Å². The molecule has 1 aliphatic heterocycles. The number of halogens is 1. The lowest BCUT2D eigenvalue weighted by Crippen LogP contribution is -2.24. The van der Waals surface area contributed by atoms with E-state index in [0.717, 1.165) is 16.8 Å². The zero-order valence-corrected chi connectivity index (χ0v) is 11.2. The number of hydrogen-bond donors (Lipinski definition) is 2. The number of nitrogens with one attached hydrogen (secondary N) is 2. The van der Waals surface area contributed by atoms with Crippen molar-refractivity contribution in [2.24, 2.45) is 0 Å². The molecule has 1 fully saturated rings. The molecule has 0 amide bonds. The molecule has 1 atom stereocenters. The summed E-state index contributed by atoms with van der Waals surface area (Å²) in [6.07, 6.45) is 5.68. The zero-order valence-electron chi connectivity index (χ0n) is 9.59. The van der Waals surface area contributed by atoms with Gasteiger partial charge in [-0.05, 0) is 60.3 Å². The molecule has 4 heteroatoms. The third-order valence-electron chi connectivity index (χ3n) is 2.93. The van der Waals surface area contributed by atoms with Crippen LogP contribution >= 0.6 is 15.9 Å². The first-order valence-electron chi connectivity index (χ1n) is 5.85. The minimum absolute atomic E-state index is 0.691. The molecular formula is C12H18BrN3. The van der Waals surface area contributed by atoms with Crippen LogP contribution in [0.2, 0.25) is 0 Å². The molecular weight excluding hydrogens is 266 g/mol. The van der Waals surface area contributed by atoms with Gasteiger partial charge in [-0.1, -0.05) is 0 Å². The van der Waals surface area contributed by atoms with Crippen LogP contribution < -0.4 is 10.6 Å². The van der Waals surface area contributed by atoms with Crippen LogP contribution in [0.3, 0.4) is 0 Å². The van der Waals surface area contributed by atoms with E-state index in [-0.39, 0.29) is 0 Å².